The molecular weight excluding hydrogens is 364 g/mol. The van der Waals surface area contributed by atoms with Gasteiger partial charge in [0.2, 0.25) is 0 Å². The van der Waals surface area contributed by atoms with Crippen LogP contribution in [0, 0.1) is 0 Å². The molecule has 0 saturated heterocycles. The van der Waals surface area contributed by atoms with Crippen LogP contribution in [0.1, 0.15) is 5.56 Å². The van der Waals surface area contributed by atoms with E-state index in [1.165, 1.54) is 16.9 Å². The number of thiophene rings is 1. The molecule has 0 N–H and O–H groups in total. The van der Waals surface area contributed by atoms with Crippen LogP contribution < -0.4 is 10.3 Å². The SMILES string of the molecule is COc1ccc(-n2c(SCc3ccccc3)nc3ccsc3c2=O)cc1. The summed E-state index contributed by atoms with van der Waals surface area (Å²) in [7, 11) is 1.63. The first-order valence-electron chi connectivity index (χ1n) is 8.07. The van der Waals surface area contributed by atoms with Gasteiger partial charge in [0.15, 0.2) is 5.16 Å². The number of hydrogen-bond acceptors (Lipinski definition) is 5. The van der Waals surface area contributed by atoms with Gasteiger partial charge in [-0.05, 0) is 41.3 Å². The monoisotopic (exact) mass is 380 g/mol. The Hall–Kier alpha value is -2.57. The number of benzene rings is 2. The van der Waals surface area contributed by atoms with Gasteiger partial charge in [0.1, 0.15) is 10.4 Å². The maximum Gasteiger partial charge on any atom is 0.276 e. The summed E-state index contributed by atoms with van der Waals surface area (Å²) >= 11 is 2.99. The van der Waals surface area contributed by atoms with Crippen LogP contribution in [0.25, 0.3) is 15.9 Å². The van der Waals surface area contributed by atoms with Crippen molar-refractivity contribution >= 4 is 33.3 Å². The molecule has 4 aromatic rings. The van der Waals surface area contributed by atoms with E-state index in [0.29, 0.717) is 9.86 Å². The van der Waals surface area contributed by atoms with Gasteiger partial charge >= 0.3 is 0 Å². The number of thioether (sulfide) groups is 1. The maximum absolute atomic E-state index is 13.1. The van der Waals surface area contributed by atoms with Crippen molar-refractivity contribution in [2.75, 3.05) is 7.11 Å². The Morgan fingerprint density at radius 1 is 1.08 bits per heavy atom. The molecule has 4 rings (SSSR count). The molecular formula is C20H16N2O2S2. The van der Waals surface area contributed by atoms with Crippen molar-refractivity contribution in [3.05, 3.63) is 82.0 Å². The van der Waals surface area contributed by atoms with Gasteiger partial charge in [-0.15, -0.1) is 11.3 Å². The lowest BCUT2D eigenvalue weighted by molar-refractivity contribution is 0.414. The molecule has 130 valence electrons. The summed E-state index contributed by atoms with van der Waals surface area (Å²) in [5.74, 6) is 1.50. The summed E-state index contributed by atoms with van der Waals surface area (Å²) < 4.78 is 7.58. The fourth-order valence-corrected chi connectivity index (χ4v) is 4.40. The van der Waals surface area contributed by atoms with Gasteiger partial charge < -0.3 is 4.74 Å². The Kier molecular flexibility index (Phi) is 4.77. The van der Waals surface area contributed by atoms with Gasteiger partial charge in [0, 0.05) is 5.75 Å². The first kappa shape index (κ1) is 16.9. The number of methoxy groups -OCH3 is 1. The van der Waals surface area contributed by atoms with Crippen LogP contribution in [0.4, 0.5) is 0 Å². The zero-order valence-electron chi connectivity index (χ0n) is 14.1. The van der Waals surface area contributed by atoms with Crippen molar-refractivity contribution in [3.63, 3.8) is 0 Å². The van der Waals surface area contributed by atoms with E-state index in [1.54, 1.807) is 23.4 Å². The molecule has 0 fully saturated rings. The van der Waals surface area contributed by atoms with Crippen molar-refractivity contribution in [2.45, 2.75) is 10.9 Å². The molecule has 6 heteroatoms. The third-order valence-electron chi connectivity index (χ3n) is 3.99. The van der Waals surface area contributed by atoms with Gasteiger partial charge in [-0.3, -0.25) is 9.36 Å². The summed E-state index contributed by atoms with van der Waals surface area (Å²) in [5.41, 5.74) is 2.69. The number of hydrogen-bond donors (Lipinski definition) is 0. The molecule has 0 aliphatic rings. The minimum Gasteiger partial charge on any atom is -0.497 e. The predicted octanol–water partition coefficient (Wildman–Crippen LogP) is 4.75. The number of nitrogens with zero attached hydrogens (tertiary/aromatic N) is 2. The summed E-state index contributed by atoms with van der Waals surface area (Å²) in [6.45, 7) is 0. The number of rotatable bonds is 5. The van der Waals surface area contributed by atoms with Crippen LogP contribution in [0.5, 0.6) is 5.75 Å². The molecule has 0 saturated carbocycles. The standard InChI is InChI=1S/C20H16N2O2S2/c1-24-16-9-7-15(8-10-16)22-19(23)18-17(11-12-25-18)21-20(22)26-13-14-5-3-2-4-6-14/h2-12H,13H2,1H3. The first-order chi connectivity index (χ1) is 12.8. The summed E-state index contributed by atoms with van der Waals surface area (Å²) in [6, 6.07) is 19.5. The van der Waals surface area contributed by atoms with E-state index in [2.05, 4.69) is 12.1 Å². The molecule has 2 aromatic heterocycles. The van der Waals surface area contributed by atoms with Crippen molar-refractivity contribution in [2.24, 2.45) is 0 Å². The Bertz CT molecular complexity index is 1090. The Balaban J connectivity index is 1.80. The molecule has 0 amide bonds. The topological polar surface area (TPSA) is 44.1 Å². The van der Waals surface area contributed by atoms with Crippen LogP contribution in [0.15, 0.2) is 76.0 Å². The summed E-state index contributed by atoms with van der Waals surface area (Å²) in [6.07, 6.45) is 0. The predicted molar refractivity (Wildman–Crippen MR) is 108 cm³/mol. The smallest absolute Gasteiger partial charge is 0.276 e. The van der Waals surface area contributed by atoms with Gasteiger partial charge in [-0.25, -0.2) is 4.98 Å². The highest BCUT2D eigenvalue weighted by Crippen LogP contribution is 2.26. The van der Waals surface area contributed by atoms with E-state index in [0.717, 1.165) is 22.7 Å². The molecule has 4 nitrogen and oxygen atoms in total. The summed E-state index contributed by atoms with van der Waals surface area (Å²) in [5, 5.41) is 2.60. The number of fused-ring (bicyclic) bond motifs is 1. The molecule has 0 aliphatic carbocycles. The minimum absolute atomic E-state index is 0.0364. The average molecular weight is 380 g/mol. The molecule has 0 bridgehead atoms. The normalized spacial score (nSPS) is 11.0. The Morgan fingerprint density at radius 3 is 2.58 bits per heavy atom. The third kappa shape index (κ3) is 3.25. The van der Waals surface area contributed by atoms with Gasteiger partial charge in [0.25, 0.3) is 5.56 Å². The molecule has 0 aliphatic heterocycles. The second-order valence-electron chi connectivity index (χ2n) is 5.64. The quantitative estimate of drug-likeness (QED) is 0.370. The first-order valence-corrected chi connectivity index (χ1v) is 9.94. The highest BCUT2D eigenvalue weighted by atomic mass is 32.2. The van der Waals surface area contributed by atoms with E-state index < -0.39 is 0 Å². The molecule has 26 heavy (non-hydrogen) atoms. The second kappa shape index (κ2) is 7.35. The number of aromatic nitrogens is 2. The van der Waals surface area contributed by atoms with Crippen molar-refractivity contribution in [1.82, 2.24) is 9.55 Å². The Labute approximate surface area is 159 Å². The van der Waals surface area contributed by atoms with E-state index in [1.807, 2.05) is 53.9 Å². The van der Waals surface area contributed by atoms with Gasteiger partial charge in [0.05, 0.1) is 18.3 Å². The van der Waals surface area contributed by atoms with Crippen LogP contribution >= 0.6 is 23.1 Å². The fourth-order valence-electron chi connectivity index (χ4n) is 2.67. The lowest BCUT2D eigenvalue weighted by Gasteiger charge is -2.12. The molecule has 2 aromatic carbocycles. The average Bonchev–Trinajstić information content (AvgIpc) is 3.16. The van der Waals surface area contributed by atoms with Crippen LogP contribution in [-0.2, 0) is 5.75 Å². The fraction of sp³-hybridized carbons (Fsp3) is 0.100. The van der Waals surface area contributed by atoms with Gasteiger partial charge in [-0.2, -0.15) is 0 Å². The Morgan fingerprint density at radius 2 is 1.85 bits per heavy atom. The molecule has 0 unspecified atom stereocenters. The van der Waals surface area contributed by atoms with Crippen LogP contribution in [-0.4, -0.2) is 16.7 Å². The molecule has 0 atom stereocenters. The molecule has 0 spiro atoms. The van der Waals surface area contributed by atoms with Crippen molar-refractivity contribution < 1.29 is 4.74 Å². The van der Waals surface area contributed by atoms with E-state index >= 15 is 0 Å². The van der Waals surface area contributed by atoms with Gasteiger partial charge in [-0.1, -0.05) is 42.1 Å². The van der Waals surface area contributed by atoms with Crippen LogP contribution in [0.2, 0.25) is 0 Å². The number of ether oxygens (including phenoxy) is 1. The van der Waals surface area contributed by atoms with Crippen molar-refractivity contribution in [1.29, 1.82) is 0 Å². The minimum atomic E-state index is -0.0364. The third-order valence-corrected chi connectivity index (χ3v) is 5.89. The van der Waals surface area contributed by atoms with E-state index in [4.69, 9.17) is 9.72 Å². The maximum atomic E-state index is 13.1. The summed E-state index contributed by atoms with van der Waals surface area (Å²) in [4.78, 5) is 17.8. The van der Waals surface area contributed by atoms with Crippen molar-refractivity contribution in [3.8, 4) is 11.4 Å². The molecule has 0 radical (unpaired) electrons. The zero-order chi connectivity index (χ0) is 17.9. The van der Waals surface area contributed by atoms with E-state index in [9.17, 15) is 4.79 Å². The largest absolute Gasteiger partial charge is 0.497 e. The lowest BCUT2D eigenvalue weighted by Crippen LogP contribution is -2.20. The van der Waals surface area contributed by atoms with Crippen LogP contribution in [0.3, 0.4) is 0 Å². The molecule has 2 heterocycles. The highest BCUT2D eigenvalue weighted by molar-refractivity contribution is 7.98. The second-order valence-corrected chi connectivity index (χ2v) is 7.50. The highest BCUT2D eigenvalue weighted by Gasteiger charge is 2.14. The lowest BCUT2D eigenvalue weighted by atomic mass is 10.2. The van der Waals surface area contributed by atoms with E-state index in [-0.39, 0.29) is 5.56 Å². The zero-order valence-corrected chi connectivity index (χ0v) is 15.7.